The van der Waals surface area contributed by atoms with E-state index in [0.29, 0.717) is 107 Å². The van der Waals surface area contributed by atoms with E-state index in [4.69, 9.17) is 15.0 Å². The maximum Gasteiger partial charge on any atom is 0.417 e. The maximum absolute atomic E-state index is 14.8. The number of fused-ring (bicyclic) bond motifs is 6. The predicted octanol–water partition coefficient (Wildman–Crippen LogP) is 19.5. The van der Waals surface area contributed by atoms with Gasteiger partial charge in [0.05, 0.1) is 55.7 Å². The van der Waals surface area contributed by atoms with Gasteiger partial charge in [-0.1, -0.05) is 133 Å². The first kappa shape index (κ1) is 53.2. The van der Waals surface area contributed by atoms with Crippen LogP contribution in [0.1, 0.15) is 22.3 Å². The van der Waals surface area contributed by atoms with E-state index in [1.807, 2.05) is 100 Å². The van der Waals surface area contributed by atoms with Crippen molar-refractivity contribution in [1.82, 2.24) is 29.1 Å². The molecular formula is C66H36F12N6. The number of rotatable bonds is 8. The monoisotopic (exact) mass is 1140 g/mol. The molecule has 9 aromatic carbocycles. The fourth-order valence-corrected chi connectivity index (χ4v) is 11.0. The first-order valence-corrected chi connectivity index (χ1v) is 25.8. The molecule has 0 aliphatic carbocycles. The Kier molecular flexibility index (Phi) is 12.6. The number of hydrogen-bond acceptors (Lipinski definition) is 4. The minimum atomic E-state index is -5.16. The van der Waals surface area contributed by atoms with Crippen LogP contribution in [0.25, 0.3) is 123 Å². The van der Waals surface area contributed by atoms with Gasteiger partial charge >= 0.3 is 24.7 Å². The van der Waals surface area contributed by atoms with Crippen molar-refractivity contribution in [3.63, 3.8) is 0 Å². The van der Waals surface area contributed by atoms with Gasteiger partial charge in [0.2, 0.25) is 0 Å². The standard InChI is InChI=1S/C66H36F12N6/c67-63(68,69)42-22-25-44(52(34-42)65(73,74)75)39-20-27-56-49(31-39)46-15-7-9-17-54(46)83(56)58-29-30-79-36-51(58)48-24-19-41(62-81-60(37-11-3-1-4-12-37)80-61(82-62)38-13-5-2-6-14-38)33-59(48)84-55-18-10-8-16-47(55)50-32-40(21-28-57(50)84)45-26-23-43(64(70,71)72)35-53(45)66(76,77)78/h1-36H. The van der Waals surface area contributed by atoms with Crippen LogP contribution in [0, 0.1) is 0 Å². The van der Waals surface area contributed by atoms with Gasteiger partial charge in [0.15, 0.2) is 17.5 Å². The van der Waals surface area contributed by atoms with Crippen LogP contribution in [-0.4, -0.2) is 29.1 Å². The Morgan fingerprint density at radius 2 is 0.690 bits per heavy atom. The topological polar surface area (TPSA) is 61.4 Å². The molecule has 0 atom stereocenters. The molecule has 4 heterocycles. The number of pyridine rings is 1. The Morgan fingerprint density at radius 3 is 1.15 bits per heavy atom. The quantitative estimate of drug-likeness (QED) is 0.142. The zero-order valence-corrected chi connectivity index (χ0v) is 43.0. The van der Waals surface area contributed by atoms with E-state index in [1.165, 1.54) is 24.3 Å². The molecule has 18 heteroatoms. The molecule has 0 saturated heterocycles. The molecule has 4 aromatic heterocycles. The van der Waals surface area contributed by atoms with Crippen molar-refractivity contribution < 1.29 is 52.7 Å². The minimum Gasteiger partial charge on any atom is -0.309 e. The lowest BCUT2D eigenvalue weighted by molar-refractivity contribution is -0.144. The van der Waals surface area contributed by atoms with Crippen molar-refractivity contribution in [2.75, 3.05) is 0 Å². The van der Waals surface area contributed by atoms with Crippen molar-refractivity contribution in [2.45, 2.75) is 24.7 Å². The summed E-state index contributed by atoms with van der Waals surface area (Å²) in [5.41, 5.74) is -0.536. The number of nitrogens with zero attached hydrogens (tertiary/aromatic N) is 6. The highest BCUT2D eigenvalue weighted by molar-refractivity contribution is 6.13. The highest BCUT2D eigenvalue weighted by Gasteiger charge is 2.40. The molecule has 0 aliphatic heterocycles. The van der Waals surface area contributed by atoms with Crippen LogP contribution in [0.15, 0.2) is 219 Å². The molecule has 0 radical (unpaired) electrons. The molecule has 0 saturated carbocycles. The van der Waals surface area contributed by atoms with Gasteiger partial charge in [-0.3, -0.25) is 4.98 Å². The van der Waals surface area contributed by atoms with E-state index in [0.717, 1.165) is 12.1 Å². The lowest BCUT2D eigenvalue weighted by Crippen LogP contribution is -2.12. The van der Waals surface area contributed by atoms with Gasteiger partial charge < -0.3 is 9.13 Å². The molecule has 0 spiro atoms. The van der Waals surface area contributed by atoms with Gasteiger partial charge in [0, 0.05) is 61.8 Å². The van der Waals surface area contributed by atoms with Crippen molar-refractivity contribution in [3.05, 3.63) is 241 Å². The smallest absolute Gasteiger partial charge is 0.309 e. The summed E-state index contributed by atoms with van der Waals surface area (Å²) in [5.74, 6) is 1.01. The van der Waals surface area contributed by atoms with E-state index in [9.17, 15) is 52.7 Å². The molecule has 0 bridgehead atoms. The summed E-state index contributed by atoms with van der Waals surface area (Å²) in [6.45, 7) is 0. The molecular weight excluding hydrogens is 1100 g/mol. The average Bonchev–Trinajstić information content (AvgIpc) is 2.15. The number of benzene rings is 9. The molecule has 84 heavy (non-hydrogen) atoms. The zero-order chi connectivity index (χ0) is 58.5. The molecule has 13 rings (SSSR count). The van der Waals surface area contributed by atoms with Crippen LogP contribution < -0.4 is 0 Å². The van der Waals surface area contributed by atoms with E-state index >= 15 is 0 Å². The van der Waals surface area contributed by atoms with Gasteiger partial charge in [0.25, 0.3) is 0 Å². The number of alkyl halides is 12. The maximum atomic E-state index is 14.8. The summed E-state index contributed by atoms with van der Waals surface area (Å²) in [4.78, 5) is 19.5. The third-order valence-corrected chi connectivity index (χ3v) is 14.8. The van der Waals surface area contributed by atoms with Crippen molar-refractivity contribution in [3.8, 4) is 78.9 Å². The zero-order valence-electron chi connectivity index (χ0n) is 43.0. The normalized spacial score (nSPS) is 12.5. The van der Waals surface area contributed by atoms with Crippen LogP contribution in [0.4, 0.5) is 52.7 Å². The highest BCUT2D eigenvalue weighted by Crippen LogP contribution is 2.47. The summed E-state index contributed by atoms with van der Waals surface area (Å²) in [6, 6.07) is 52.4. The van der Waals surface area contributed by atoms with Crippen molar-refractivity contribution in [1.29, 1.82) is 0 Å². The van der Waals surface area contributed by atoms with Crippen molar-refractivity contribution >= 4 is 43.6 Å². The fourth-order valence-electron chi connectivity index (χ4n) is 11.0. The second-order valence-electron chi connectivity index (χ2n) is 19.8. The number of halogens is 12. The molecule has 0 unspecified atom stereocenters. The third kappa shape index (κ3) is 9.42. The van der Waals surface area contributed by atoms with Gasteiger partial charge in [-0.05, 0) is 95.1 Å². The summed E-state index contributed by atoms with van der Waals surface area (Å²) in [5, 5.41) is 2.12. The minimum absolute atomic E-state index is 0.00418. The van der Waals surface area contributed by atoms with Crippen LogP contribution in [0.5, 0.6) is 0 Å². The Bertz CT molecular complexity index is 4670. The Labute approximate surface area is 468 Å². The second-order valence-corrected chi connectivity index (χ2v) is 19.8. The van der Waals surface area contributed by atoms with Crippen LogP contribution in [0.3, 0.4) is 0 Å². The largest absolute Gasteiger partial charge is 0.417 e. The SMILES string of the molecule is FC(F)(F)c1ccc(-c2ccc3c(c2)c2ccccc2n3-c2ccncc2-c2ccc(-c3nc(-c4ccccc4)nc(-c4ccccc4)n3)cc2-n2c3ccccc3c3cc(-c4ccc(C(F)(F)F)cc4C(F)(F)F)ccc32)c(C(F)(F)F)c1. The molecule has 13 aromatic rings. The molecule has 414 valence electrons. The lowest BCUT2D eigenvalue weighted by atomic mass is 9.95. The van der Waals surface area contributed by atoms with Gasteiger partial charge in [-0.15, -0.1) is 0 Å². The Hall–Kier alpha value is -10.1. The Morgan fingerprint density at radius 1 is 0.286 bits per heavy atom. The molecule has 0 amide bonds. The second kappa shape index (κ2) is 19.8. The first-order valence-electron chi connectivity index (χ1n) is 25.8. The van der Waals surface area contributed by atoms with E-state index in [-0.39, 0.29) is 29.1 Å². The van der Waals surface area contributed by atoms with Gasteiger partial charge in [-0.2, -0.15) is 52.7 Å². The number of aromatic nitrogens is 6. The summed E-state index contributed by atoms with van der Waals surface area (Å²) >= 11 is 0. The van der Waals surface area contributed by atoms with Crippen molar-refractivity contribution in [2.24, 2.45) is 0 Å². The average molecular weight is 1140 g/mol. The van der Waals surface area contributed by atoms with E-state index < -0.39 is 58.1 Å². The van der Waals surface area contributed by atoms with E-state index in [2.05, 4.69) is 4.98 Å². The predicted molar refractivity (Wildman–Crippen MR) is 299 cm³/mol. The first-order chi connectivity index (χ1) is 40.2. The lowest BCUT2D eigenvalue weighted by Gasteiger charge is -2.19. The highest BCUT2D eigenvalue weighted by atomic mass is 19.4. The third-order valence-electron chi connectivity index (χ3n) is 14.8. The molecule has 0 fully saturated rings. The van der Waals surface area contributed by atoms with Crippen LogP contribution in [-0.2, 0) is 24.7 Å². The summed E-state index contributed by atoms with van der Waals surface area (Å²) in [7, 11) is 0. The van der Waals surface area contributed by atoms with Gasteiger partial charge in [-0.25, -0.2) is 15.0 Å². The molecule has 6 nitrogen and oxygen atoms in total. The van der Waals surface area contributed by atoms with Crippen LogP contribution in [0.2, 0.25) is 0 Å². The molecule has 0 N–H and O–H groups in total. The molecule has 0 aliphatic rings. The summed E-state index contributed by atoms with van der Waals surface area (Å²) in [6.07, 6.45) is -17.2. The van der Waals surface area contributed by atoms with Crippen LogP contribution >= 0.6 is 0 Å². The Balaban J connectivity index is 1.06. The van der Waals surface area contributed by atoms with Gasteiger partial charge in [0.1, 0.15) is 0 Å². The number of hydrogen-bond donors (Lipinski definition) is 0. The number of para-hydroxylation sites is 2. The summed E-state index contributed by atoms with van der Waals surface area (Å²) < 4.78 is 175. The fraction of sp³-hybridized carbons (Fsp3) is 0.0606. The van der Waals surface area contributed by atoms with E-state index in [1.54, 1.807) is 67.0 Å².